The minimum atomic E-state index is -0.537. The Morgan fingerprint density at radius 2 is 1.00 bits per heavy atom. The number of esters is 4. The normalized spacial score (nSPS) is 9.83. The molecule has 0 fully saturated rings. The van der Waals surface area contributed by atoms with Crippen LogP contribution in [-0.4, -0.2) is 50.3 Å². The predicted octanol–water partition coefficient (Wildman–Crippen LogP) is 1.34. The summed E-state index contributed by atoms with van der Waals surface area (Å²) >= 11 is 0. The summed E-state index contributed by atoms with van der Waals surface area (Å²) < 4.78 is 18.2. The van der Waals surface area contributed by atoms with Gasteiger partial charge in [0.25, 0.3) is 0 Å². The third-order valence-corrected chi connectivity index (χ3v) is 1.86. The van der Waals surface area contributed by atoms with E-state index in [4.69, 9.17) is 0 Å². The third kappa shape index (κ3) is 21.7. The Bertz CT molecular complexity index is 411. The quantitative estimate of drug-likeness (QED) is 0.281. The molecular formula is C16H24O8. The summed E-state index contributed by atoms with van der Waals surface area (Å²) in [6, 6.07) is 0. The summed E-state index contributed by atoms with van der Waals surface area (Å²) in [6.07, 6.45) is 5.32. The fraction of sp³-hybridized carbons (Fsp3) is 0.500. The minimum absolute atomic E-state index is 0.219. The molecule has 0 aromatic carbocycles. The molecule has 0 rings (SSSR count). The highest BCUT2D eigenvalue weighted by Crippen LogP contribution is 1.84. The van der Waals surface area contributed by atoms with Crippen molar-refractivity contribution in [3.63, 3.8) is 0 Å². The molecule has 0 aliphatic heterocycles. The van der Waals surface area contributed by atoms with E-state index in [0.29, 0.717) is 13.2 Å². The number of ether oxygens (including phenoxy) is 4. The predicted molar refractivity (Wildman–Crippen MR) is 84.8 cm³/mol. The number of rotatable bonds is 8. The Morgan fingerprint density at radius 1 is 0.667 bits per heavy atom. The first-order valence-corrected chi connectivity index (χ1v) is 7.26. The van der Waals surface area contributed by atoms with Crippen molar-refractivity contribution in [1.29, 1.82) is 0 Å². The monoisotopic (exact) mass is 344 g/mol. The average Bonchev–Trinajstić information content (AvgIpc) is 2.49. The van der Waals surface area contributed by atoms with Crippen molar-refractivity contribution in [2.75, 3.05) is 26.4 Å². The molecule has 0 saturated heterocycles. The van der Waals surface area contributed by atoms with Gasteiger partial charge in [-0.3, -0.25) is 9.59 Å². The van der Waals surface area contributed by atoms with Crippen LogP contribution < -0.4 is 0 Å². The van der Waals surface area contributed by atoms with Crippen molar-refractivity contribution in [3.05, 3.63) is 24.3 Å². The summed E-state index contributed by atoms with van der Waals surface area (Å²) in [7, 11) is 0. The number of hydrogen-bond donors (Lipinski definition) is 0. The summed E-state index contributed by atoms with van der Waals surface area (Å²) in [5.41, 5.74) is 0. The Hall–Kier alpha value is -2.64. The molecule has 8 nitrogen and oxygen atoms in total. The van der Waals surface area contributed by atoms with E-state index in [9.17, 15) is 19.2 Å². The minimum Gasteiger partial charge on any atom is -0.463 e. The lowest BCUT2D eigenvalue weighted by Crippen LogP contribution is -2.03. The van der Waals surface area contributed by atoms with Gasteiger partial charge in [-0.15, -0.1) is 0 Å². The second kappa shape index (κ2) is 16.7. The molecular weight excluding hydrogens is 320 g/mol. The number of carbonyl (C=O) groups excluding carboxylic acids is 4. The van der Waals surface area contributed by atoms with E-state index in [1.54, 1.807) is 26.0 Å². The Morgan fingerprint density at radius 3 is 1.25 bits per heavy atom. The molecule has 0 aromatic heterocycles. The molecule has 136 valence electrons. The first-order valence-electron chi connectivity index (χ1n) is 7.26. The van der Waals surface area contributed by atoms with Crippen molar-refractivity contribution in [2.24, 2.45) is 0 Å². The third-order valence-electron chi connectivity index (χ3n) is 1.86. The Balaban J connectivity index is 0. The van der Waals surface area contributed by atoms with Gasteiger partial charge in [-0.1, -0.05) is 0 Å². The zero-order valence-electron chi connectivity index (χ0n) is 14.4. The maximum Gasteiger partial charge on any atom is 0.330 e. The summed E-state index contributed by atoms with van der Waals surface area (Å²) in [5.74, 6) is -1.73. The second-order valence-electron chi connectivity index (χ2n) is 3.91. The van der Waals surface area contributed by atoms with Crippen molar-refractivity contribution < 1.29 is 38.1 Å². The van der Waals surface area contributed by atoms with Crippen LogP contribution in [0.15, 0.2) is 24.3 Å². The van der Waals surface area contributed by atoms with Gasteiger partial charge < -0.3 is 18.9 Å². The molecule has 0 aliphatic carbocycles. The molecule has 0 radical (unpaired) electrons. The van der Waals surface area contributed by atoms with E-state index in [0.717, 1.165) is 12.2 Å². The van der Waals surface area contributed by atoms with Crippen LogP contribution in [0.4, 0.5) is 0 Å². The van der Waals surface area contributed by atoms with Gasteiger partial charge in [-0.2, -0.15) is 0 Å². The molecule has 0 bridgehead atoms. The molecule has 0 unspecified atom stereocenters. The molecule has 24 heavy (non-hydrogen) atoms. The van der Waals surface area contributed by atoms with Crippen LogP contribution in [0.5, 0.6) is 0 Å². The lowest BCUT2D eigenvalue weighted by molar-refractivity contribution is -0.141. The standard InChI is InChI=1S/2C8H12O4/c1-7(9)11-5-3-4-6-12-8(2)10;1-3-11-7(9)5-6-8(10)12-4-2/h3-4H,5-6H2,1-2H3;5-6H,3-4H2,1-2H3. The molecule has 0 atom stereocenters. The van der Waals surface area contributed by atoms with E-state index in [1.165, 1.54) is 13.8 Å². The topological polar surface area (TPSA) is 105 Å². The van der Waals surface area contributed by atoms with E-state index in [1.807, 2.05) is 0 Å². The van der Waals surface area contributed by atoms with Gasteiger partial charge in [-0.25, -0.2) is 9.59 Å². The summed E-state index contributed by atoms with van der Waals surface area (Å²) in [4.78, 5) is 41.8. The zero-order valence-corrected chi connectivity index (χ0v) is 14.4. The SMILES string of the molecule is CC(=O)OCC=CCOC(C)=O.CCOC(=O)C=CC(=O)OCC. The average molecular weight is 344 g/mol. The van der Waals surface area contributed by atoms with Gasteiger partial charge in [0.05, 0.1) is 13.2 Å². The highest BCUT2D eigenvalue weighted by molar-refractivity contribution is 5.91. The first kappa shape index (κ1) is 23.6. The van der Waals surface area contributed by atoms with Crippen LogP contribution in [0.25, 0.3) is 0 Å². The van der Waals surface area contributed by atoms with Crippen molar-refractivity contribution in [1.82, 2.24) is 0 Å². The summed E-state index contributed by atoms with van der Waals surface area (Å²) in [5, 5.41) is 0. The van der Waals surface area contributed by atoms with Gasteiger partial charge >= 0.3 is 23.9 Å². The highest BCUT2D eigenvalue weighted by Gasteiger charge is 1.97. The zero-order chi connectivity index (χ0) is 18.8. The van der Waals surface area contributed by atoms with Gasteiger partial charge in [0.1, 0.15) is 13.2 Å². The highest BCUT2D eigenvalue weighted by atomic mass is 16.5. The van der Waals surface area contributed by atoms with Crippen LogP contribution in [0, 0.1) is 0 Å². The Labute approximate surface area is 141 Å². The molecule has 0 spiro atoms. The molecule has 0 amide bonds. The van der Waals surface area contributed by atoms with Gasteiger partial charge in [0, 0.05) is 26.0 Å². The van der Waals surface area contributed by atoms with Gasteiger partial charge in [-0.05, 0) is 26.0 Å². The molecule has 0 heterocycles. The number of hydrogen-bond acceptors (Lipinski definition) is 8. The first-order chi connectivity index (χ1) is 11.3. The van der Waals surface area contributed by atoms with Crippen molar-refractivity contribution >= 4 is 23.9 Å². The molecule has 0 aromatic rings. The molecule has 8 heteroatoms. The lowest BCUT2D eigenvalue weighted by atomic mass is 10.5. The van der Waals surface area contributed by atoms with Gasteiger partial charge in [0.2, 0.25) is 0 Å². The van der Waals surface area contributed by atoms with Crippen LogP contribution >= 0.6 is 0 Å². The van der Waals surface area contributed by atoms with E-state index in [-0.39, 0.29) is 25.2 Å². The number of carbonyl (C=O) groups is 4. The van der Waals surface area contributed by atoms with Crippen molar-refractivity contribution in [2.45, 2.75) is 27.7 Å². The fourth-order valence-electron chi connectivity index (χ4n) is 0.984. The van der Waals surface area contributed by atoms with E-state index < -0.39 is 11.9 Å². The summed E-state index contributed by atoms with van der Waals surface area (Å²) in [6.45, 7) is 7.08. The largest absolute Gasteiger partial charge is 0.463 e. The van der Waals surface area contributed by atoms with Crippen molar-refractivity contribution in [3.8, 4) is 0 Å². The van der Waals surface area contributed by atoms with E-state index >= 15 is 0 Å². The Kier molecular flexibility index (Phi) is 16.5. The van der Waals surface area contributed by atoms with Gasteiger partial charge in [0.15, 0.2) is 0 Å². The maximum atomic E-state index is 10.6. The maximum absolute atomic E-state index is 10.6. The fourth-order valence-corrected chi connectivity index (χ4v) is 0.984. The smallest absolute Gasteiger partial charge is 0.330 e. The van der Waals surface area contributed by atoms with Crippen LogP contribution in [-0.2, 0) is 38.1 Å². The van der Waals surface area contributed by atoms with Crippen LogP contribution in [0.2, 0.25) is 0 Å². The van der Waals surface area contributed by atoms with Crippen LogP contribution in [0.1, 0.15) is 27.7 Å². The molecule has 0 saturated carbocycles. The van der Waals surface area contributed by atoms with E-state index in [2.05, 4.69) is 18.9 Å². The lowest BCUT2D eigenvalue weighted by Gasteiger charge is -1.96. The van der Waals surface area contributed by atoms with Crippen LogP contribution in [0.3, 0.4) is 0 Å². The molecule has 0 N–H and O–H groups in total. The molecule has 0 aliphatic rings. The second-order valence-corrected chi connectivity index (χ2v) is 3.91.